The van der Waals surface area contributed by atoms with E-state index in [1.54, 1.807) is 5.56 Å². The normalized spacial score (nSPS) is 15.4. The van der Waals surface area contributed by atoms with Crippen molar-refractivity contribution in [3.63, 3.8) is 0 Å². The second-order valence-corrected chi connectivity index (χ2v) is 11.0. The highest BCUT2D eigenvalue weighted by molar-refractivity contribution is 5.94. The van der Waals surface area contributed by atoms with Crippen molar-refractivity contribution in [3.8, 4) is 11.3 Å². The van der Waals surface area contributed by atoms with E-state index in [1.807, 2.05) is 0 Å². The van der Waals surface area contributed by atoms with Crippen LogP contribution in [0.1, 0.15) is 93.9 Å². The molecule has 0 atom stereocenters. The number of hydrogen-bond acceptors (Lipinski definition) is 0. The molecule has 4 rings (SSSR count). The van der Waals surface area contributed by atoms with Crippen molar-refractivity contribution in [2.24, 2.45) is 18.9 Å². The second kappa shape index (κ2) is 9.38. The molecule has 0 saturated heterocycles. The summed E-state index contributed by atoms with van der Waals surface area (Å²) in [4.78, 5) is 0. The first kappa shape index (κ1) is 23.0. The van der Waals surface area contributed by atoms with Crippen LogP contribution in [0.25, 0.3) is 22.0 Å². The maximum atomic E-state index is 2.52. The van der Waals surface area contributed by atoms with Crippen LogP contribution in [0.4, 0.5) is 0 Å². The molecule has 170 valence electrons. The van der Waals surface area contributed by atoms with Crippen LogP contribution in [-0.4, -0.2) is 0 Å². The summed E-state index contributed by atoms with van der Waals surface area (Å²) in [5.74, 6) is 2.61. The molecule has 0 bridgehead atoms. The Morgan fingerprint density at radius 2 is 1.53 bits per heavy atom. The number of fused-ring (bicyclic) bond motifs is 1. The van der Waals surface area contributed by atoms with Gasteiger partial charge in [-0.15, -0.1) is 0 Å². The van der Waals surface area contributed by atoms with Gasteiger partial charge in [0, 0.05) is 6.07 Å². The number of aryl methyl sites for hydroxylation is 2. The van der Waals surface area contributed by atoms with Crippen molar-refractivity contribution < 1.29 is 4.57 Å². The summed E-state index contributed by atoms with van der Waals surface area (Å²) < 4.78 is 2.33. The minimum atomic E-state index is 0.593. The lowest BCUT2D eigenvalue weighted by Gasteiger charge is -2.26. The van der Waals surface area contributed by atoms with E-state index < -0.39 is 0 Å². The monoisotopic (exact) mass is 428 g/mol. The number of nitrogens with zero attached hydrogens (tertiary/aromatic N) is 1. The lowest BCUT2D eigenvalue weighted by Crippen LogP contribution is -2.31. The van der Waals surface area contributed by atoms with Crippen LogP contribution in [0.15, 0.2) is 42.6 Å². The molecule has 1 saturated carbocycles. The SMILES string of the molecule is Cc1cc(C2CCCCC2)cc(-c2c3ccc(C(C(C)C)C(C)C)cc3cc[n+]2C)c1C. The Kier molecular flexibility index (Phi) is 6.75. The first-order chi connectivity index (χ1) is 15.3. The van der Waals surface area contributed by atoms with Gasteiger partial charge in [0.1, 0.15) is 7.05 Å². The van der Waals surface area contributed by atoms with E-state index in [-0.39, 0.29) is 0 Å². The summed E-state index contributed by atoms with van der Waals surface area (Å²) in [6.45, 7) is 14.0. The van der Waals surface area contributed by atoms with Crippen LogP contribution in [0.5, 0.6) is 0 Å². The molecular weight excluding hydrogens is 386 g/mol. The van der Waals surface area contributed by atoms with Gasteiger partial charge in [0.15, 0.2) is 6.20 Å². The van der Waals surface area contributed by atoms with Gasteiger partial charge in [0.05, 0.1) is 10.9 Å². The van der Waals surface area contributed by atoms with Crippen molar-refractivity contribution in [2.45, 2.75) is 85.5 Å². The van der Waals surface area contributed by atoms with Gasteiger partial charge in [-0.2, -0.15) is 0 Å². The maximum absolute atomic E-state index is 2.52. The van der Waals surface area contributed by atoms with E-state index in [9.17, 15) is 0 Å². The Labute approximate surface area is 195 Å². The van der Waals surface area contributed by atoms with Gasteiger partial charge in [-0.3, -0.25) is 0 Å². The van der Waals surface area contributed by atoms with Gasteiger partial charge < -0.3 is 0 Å². The fraction of sp³-hybridized carbons (Fsp3) is 0.516. The molecule has 1 aromatic heterocycles. The smallest absolute Gasteiger partial charge is 0.200 e. The van der Waals surface area contributed by atoms with Gasteiger partial charge in [0.2, 0.25) is 5.69 Å². The van der Waals surface area contributed by atoms with E-state index in [0.717, 1.165) is 5.92 Å². The number of pyridine rings is 1. The lowest BCUT2D eigenvalue weighted by molar-refractivity contribution is -0.659. The zero-order chi connectivity index (χ0) is 23.0. The van der Waals surface area contributed by atoms with Gasteiger partial charge in [-0.1, -0.05) is 65.2 Å². The minimum Gasteiger partial charge on any atom is -0.200 e. The minimum absolute atomic E-state index is 0.593. The molecule has 32 heavy (non-hydrogen) atoms. The molecule has 1 aliphatic rings. The van der Waals surface area contributed by atoms with E-state index >= 15 is 0 Å². The average molecular weight is 429 g/mol. The zero-order valence-corrected chi connectivity index (χ0v) is 21.3. The third-order valence-electron chi connectivity index (χ3n) is 8.00. The number of hydrogen-bond donors (Lipinski definition) is 0. The van der Waals surface area contributed by atoms with Crippen LogP contribution in [0.2, 0.25) is 0 Å². The molecule has 1 aliphatic carbocycles. The summed E-state index contributed by atoms with van der Waals surface area (Å²) in [6.07, 6.45) is 9.11. The molecule has 0 aliphatic heterocycles. The summed E-state index contributed by atoms with van der Waals surface area (Å²) in [5.41, 5.74) is 8.64. The van der Waals surface area contributed by atoms with Gasteiger partial charge in [0.25, 0.3) is 0 Å². The molecule has 0 radical (unpaired) electrons. The molecule has 0 spiro atoms. The van der Waals surface area contributed by atoms with Crippen LogP contribution >= 0.6 is 0 Å². The first-order valence-electron chi connectivity index (χ1n) is 12.8. The van der Waals surface area contributed by atoms with Crippen LogP contribution in [0.3, 0.4) is 0 Å². The van der Waals surface area contributed by atoms with Crippen molar-refractivity contribution in [1.29, 1.82) is 0 Å². The molecule has 3 aromatic rings. The van der Waals surface area contributed by atoms with E-state index in [1.165, 1.54) is 70.8 Å². The fourth-order valence-electron chi connectivity index (χ4n) is 6.28. The summed E-state index contributed by atoms with van der Waals surface area (Å²) in [7, 11) is 2.20. The molecule has 1 nitrogen and oxygen atoms in total. The maximum Gasteiger partial charge on any atom is 0.220 e. The Morgan fingerprint density at radius 1 is 0.844 bits per heavy atom. The summed E-state index contributed by atoms with van der Waals surface area (Å²) in [5, 5.41) is 2.73. The zero-order valence-electron chi connectivity index (χ0n) is 21.3. The van der Waals surface area contributed by atoms with Gasteiger partial charge in [-0.25, -0.2) is 4.57 Å². The molecular formula is C31H42N+. The van der Waals surface area contributed by atoms with Gasteiger partial charge >= 0.3 is 0 Å². The number of rotatable bonds is 5. The predicted molar refractivity (Wildman–Crippen MR) is 138 cm³/mol. The van der Waals surface area contributed by atoms with E-state index in [4.69, 9.17) is 0 Å². The summed E-state index contributed by atoms with van der Waals surface area (Å²) in [6, 6.07) is 14.5. The number of benzene rings is 2. The second-order valence-electron chi connectivity index (χ2n) is 11.0. The molecule has 0 amide bonds. The third-order valence-corrected chi connectivity index (χ3v) is 8.00. The fourth-order valence-corrected chi connectivity index (χ4v) is 6.28. The molecule has 2 aromatic carbocycles. The Bertz CT molecular complexity index is 1090. The third kappa shape index (κ3) is 4.36. The van der Waals surface area contributed by atoms with Crippen LogP contribution < -0.4 is 4.57 Å². The van der Waals surface area contributed by atoms with Crippen molar-refractivity contribution >= 4 is 10.8 Å². The quantitative estimate of drug-likeness (QED) is 0.359. The first-order valence-corrected chi connectivity index (χ1v) is 12.8. The van der Waals surface area contributed by atoms with Crippen molar-refractivity contribution in [3.05, 3.63) is 64.8 Å². The Balaban J connectivity index is 1.87. The standard InChI is InChI=1S/C31H42N/c1-20(2)30(21(3)4)26-13-14-28-25(18-26)15-16-32(7)31(28)29-19-27(17-22(5)23(29)6)24-11-9-8-10-12-24/h13-21,24,30H,8-12H2,1-7H3/q+1. The largest absolute Gasteiger partial charge is 0.220 e. The van der Waals surface area contributed by atoms with Crippen molar-refractivity contribution in [2.75, 3.05) is 0 Å². The molecule has 1 heterocycles. The molecule has 0 unspecified atom stereocenters. The van der Waals surface area contributed by atoms with E-state index in [0.29, 0.717) is 17.8 Å². The molecule has 1 heteroatoms. The van der Waals surface area contributed by atoms with Crippen LogP contribution in [-0.2, 0) is 7.05 Å². The van der Waals surface area contributed by atoms with Crippen molar-refractivity contribution in [1.82, 2.24) is 0 Å². The topological polar surface area (TPSA) is 3.88 Å². The number of aromatic nitrogens is 1. The lowest BCUT2D eigenvalue weighted by atomic mass is 9.79. The Hall–Kier alpha value is -2.15. The average Bonchev–Trinajstić information content (AvgIpc) is 2.76. The molecule has 1 fully saturated rings. The van der Waals surface area contributed by atoms with Crippen LogP contribution in [0, 0.1) is 25.7 Å². The predicted octanol–water partition coefficient (Wildman–Crippen LogP) is 8.39. The molecule has 0 N–H and O–H groups in total. The highest BCUT2D eigenvalue weighted by Crippen LogP contribution is 2.39. The van der Waals surface area contributed by atoms with Gasteiger partial charge in [-0.05, 0) is 90.1 Å². The Morgan fingerprint density at radius 3 is 2.19 bits per heavy atom. The van der Waals surface area contributed by atoms with E-state index in [2.05, 4.69) is 95.8 Å². The highest BCUT2D eigenvalue weighted by atomic mass is 14.9. The summed E-state index contributed by atoms with van der Waals surface area (Å²) >= 11 is 0. The highest BCUT2D eigenvalue weighted by Gasteiger charge is 2.24.